The molecule has 4 unspecified atom stereocenters. The summed E-state index contributed by atoms with van der Waals surface area (Å²) >= 11 is 0. The molecule has 7 rings (SSSR count). The molecule has 3 aliphatic heterocycles. The number of para-hydroxylation sites is 2. The van der Waals surface area contributed by atoms with E-state index in [-0.39, 0.29) is 0 Å². The quantitative estimate of drug-likeness (QED) is 0.256. The molecular weight excluding hydrogens is 574 g/mol. The highest BCUT2D eigenvalue weighted by atomic mass is 31.1. The van der Waals surface area contributed by atoms with Gasteiger partial charge < -0.3 is 9.80 Å². The minimum Gasteiger partial charge on any atom is -0.357 e. The van der Waals surface area contributed by atoms with E-state index in [1.165, 1.54) is 86.2 Å². The third-order valence-electron chi connectivity index (χ3n) is 9.49. The van der Waals surface area contributed by atoms with Gasteiger partial charge >= 0.3 is 0 Å². The van der Waals surface area contributed by atoms with Crippen LogP contribution in [0.15, 0.2) is 109 Å². The van der Waals surface area contributed by atoms with Crippen molar-refractivity contribution in [3.8, 4) is 0 Å². The molecule has 0 aromatic heterocycles. The van der Waals surface area contributed by atoms with Crippen LogP contribution >= 0.6 is 15.8 Å². The maximum atomic E-state index is 2.69. The van der Waals surface area contributed by atoms with Crippen LogP contribution in [0.3, 0.4) is 0 Å². The van der Waals surface area contributed by atoms with Crippen LogP contribution in [-0.4, -0.2) is 74.7 Å². The molecule has 4 aromatic carbocycles. The average molecular weight is 621 g/mol. The van der Waals surface area contributed by atoms with Crippen LogP contribution in [0.2, 0.25) is 0 Å². The van der Waals surface area contributed by atoms with Crippen molar-refractivity contribution in [1.82, 2.24) is 9.80 Å². The lowest BCUT2D eigenvalue weighted by molar-refractivity contribution is 0.335. The van der Waals surface area contributed by atoms with Gasteiger partial charge in [-0.3, -0.25) is 9.80 Å². The molecule has 3 aliphatic rings. The molecule has 4 atom stereocenters. The van der Waals surface area contributed by atoms with E-state index in [1.807, 2.05) is 0 Å². The van der Waals surface area contributed by atoms with E-state index in [0.717, 1.165) is 26.4 Å². The Bertz CT molecular complexity index is 1370. The van der Waals surface area contributed by atoms with Gasteiger partial charge in [0.2, 0.25) is 0 Å². The third kappa shape index (κ3) is 6.90. The van der Waals surface area contributed by atoms with Crippen LogP contribution in [0, 0.1) is 0 Å². The number of hydrogen-bond donors (Lipinski definition) is 0. The zero-order valence-electron chi connectivity index (χ0n) is 26.0. The fraction of sp³-hybridized carbons (Fsp3) is 0.368. The molecule has 44 heavy (non-hydrogen) atoms. The topological polar surface area (TPSA) is 13.0 Å². The van der Waals surface area contributed by atoms with E-state index in [9.17, 15) is 0 Å². The Balaban J connectivity index is 1.16. The summed E-state index contributed by atoms with van der Waals surface area (Å²) in [7, 11) is -0.782. The van der Waals surface area contributed by atoms with E-state index in [2.05, 4.69) is 129 Å². The van der Waals surface area contributed by atoms with Gasteiger partial charge in [-0.1, -0.05) is 97.1 Å². The predicted molar refractivity (Wildman–Crippen MR) is 194 cm³/mol. The lowest BCUT2D eigenvalue weighted by atomic mass is 10.3. The molecule has 3 heterocycles. The molecule has 0 N–H and O–H groups in total. The van der Waals surface area contributed by atoms with Crippen molar-refractivity contribution in [1.29, 1.82) is 0 Å². The molecule has 0 aliphatic carbocycles. The Labute approximate surface area is 267 Å². The van der Waals surface area contributed by atoms with E-state index < -0.39 is 15.8 Å². The zero-order valence-corrected chi connectivity index (χ0v) is 27.8. The summed E-state index contributed by atoms with van der Waals surface area (Å²) < 4.78 is 0. The minimum atomic E-state index is -0.391. The summed E-state index contributed by atoms with van der Waals surface area (Å²) in [5.41, 5.74) is 2.94. The third-order valence-corrected chi connectivity index (χ3v) is 14.8. The maximum absolute atomic E-state index is 2.69. The van der Waals surface area contributed by atoms with Crippen LogP contribution in [-0.2, 0) is 0 Å². The van der Waals surface area contributed by atoms with Gasteiger partial charge in [-0.15, -0.1) is 0 Å². The fourth-order valence-electron chi connectivity index (χ4n) is 7.17. The normalized spacial score (nSPS) is 24.8. The Morgan fingerprint density at radius 2 is 0.795 bits per heavy atom. The molecule has 2 fully saturated rings. The molecular formula is C38H46N4P2. The molecule has 2 saturated heterocycles. The number of nitrogens with zero attached hydrogens (tertiary/aromatic N) is 4. The van der Waals surface area contributed by atoms with Crippen molar-refractivity contribution in [3.05, 3.63) is 109 Å². The van der Waals surface area contributed by atoms with E-state index in [4.69, 9.17) is 0 Å². The number of fused-ring (bicyclic) bond motifs is 8. The first kappa shape index (κ1) is 29.9. The molecule has 0 radical (unpaired) electrons. The number of benzene rings is 4. The van der Waals surface area contributed by atoms with Gasteiger partial charge in [-0.25, -0.2) is 0 Å². The molecule has 6 heteroatoms. The van der Waals surface area contributed by atoms with E-state index in [0.29, 0.717) is 0 Å². The molecule has 228 valence electrons. The summed E-state index contributed by atoms with van der Waals surface area (Å²) in [5, 5.41) is 6.18. The van der Waals surface area contributed by atoms with Gasteiger partial charge in [-0.2, -0.15) is 0 Å². The van der Waals surface area contributed by atoms with Crippen molar-refractivity contribution < 1.29 is 0 Å². The second-order valence-electron chi connectivity index (χ2n) is 12.4. The Morgan fingerprint density at radius 1 is 0.386 bits per heavy atom. The van der Waals surface area contributed by atoms with E-state index in [1.54, 1.807) is 10.6 Å². The van der Waals surface area contributed by atoms with Crippen molar-refractivity contribution in [2.45, 2.75) is 25.7 Å². The van der Waals surface area contributed by atoms with Crippen molar-refractivity contribution in [2.75, 3.05) is 74.7 Å². The van der Waals surface area contributed by atoms with Gasteiger partial charge in [0, 0.05) is 48.2 Å². The molecule has 4 aromatic rings. The summed E-state index contributed by atoms with van der Waals surface area (Å²) in [6, 6.07) is 41.4. The lowest BCUT2D eigenvalue weighted by Gasteiger charge is -2.28. The predicted octanol–water partition coefficient (Wildman–Crippen LogP) is 5.99. The van der Waals surface area contributed by atoms with Gasteiger partial charge in [0.05, 0.1) is 13.3 Å². The van der Waals surface area contributed by atoms with Crippen LogP contribution in [0.4, 0.5) is 11.4 Å². The molecule has 4 nitrogen and oxygen atoms in total. The average Bonchev–Trinajstić information content (AvgIpc) is 3.76. The van der Waals surface area contributed by atoms with Crippen LogP contribution in [0.25, 0.3) is 0 Å². The molecule has 0 spiro atoms. The molecule has 0 amide bonds. The van der Waals surface area contributed by atoms with Gasteiger partial charge in [0.15, 0.2) is 0 Å². The smallest absolute Gasteiger partial charge is 0.0708 e. The SMILES string of the molecule is c1ccc(P2CCCCN3CCN(C3)c3ccccc3P(c3ccccc3)CCCCN3CCN(C3)c3ccccc32)cc1. The largest absolute Gasteiger partial charge is 0.357 e. The molecule has 4 bridgehead atoms. The maximum Gasteiger partial charge on any atom is 0.0708 e. The van der Waals surface area contributed by atoms with Gasteiger partial charge in [-0.05, 0) is 89.7 Å². The summed E-state index contributed by atoms with van der Waals surface area (Å²) in [6.45, 7) is 9.06. The summed E-state index contributed by atoms with van der Waals surface area (Å²) in [6.07, 6.45) is 7.58. The Hall–Kier alpha value is -2.74. The van der Waals surface area contributed by atoms with Crippen LogP contribution in [0.1, 0.15) is 25.7 Å². The van der Waals surface area contributed by atoms with Gasteiger partial charge in [0.1, 0.15) is 0 Å². The van der Waals surface area contributed by atoms with Crippen molar-refractivity contribution >= 4 is 48.4 Å². The van der Waals surface area contributed by atoms with Crippen molar-refractivity contribution in [2.24, 2.45) is 0 Å². The lowest BCUT2D eigenvalue weighted by Crippen LogP contribution is -2.31. The summed E-state index contributed by atoms with van der Waals surface area (Å²) in [5.74, 6) is 0. The highest BCUT2D eigenvalue weighted by molar-refractivity contribution is 7.73. The number of rotatable bonds is 2. The number of hydrogen-bond acceptors (Lipinski definition) is 4. The second-order valence-corrected chi connectivity index (χ2v) is 17.0. The van der Waals surface area contributed by atoms with Crippen molar-refractivity contribution in [3.63, 3.8) is 0 Å². The minimum absolute atomic E-state index is 0.391. The second kappa shape index (κ2) is 14.6. The Morgan fingerprint density at radius 3 is 1.25 bits per heavy atom. The fourth-order valence-corrected chi connectivity index (χ4v) is 12.4. The van der Waals surface area contributed by atoms with Crippen LogP contribution in [0.5, 0.6) is 0 Å². The monoisotopic (exact) mass is 620 g/mol. The standard InChI is InChI=1S/C38H46N4P2/c1-3-15-33(16-4-1)43-29-13-11-23-39-26-28-42(32-39)36-20-8-10-22-38(36)44(34-17-5-2-6-18-34)30-14-12-24-40-25-27-41(31-40)35-19-7-9-21-37(35)43/h1-10,15-22H,11-14,23-32H2. The first-order valence-corrected chi connectivity index (χ1v) is 19.7. The first-order chi connectivity index (χ1) is 21.8. The van der Waals surface area contributed by atoms with E-state index >= 15 is 0 Å². The highest BCUT2D eigenvalue weighted by Crippen LogP contribution is 2.40. The van der Waals surface area contributed by atoms with Crippen LogP contribution < -0.4 is 31.0 Å². The first-order valence-electron chi connectivity index (χ1n) is 16.6. The summed E-state index contributed by atoms with van der Waals surface area (Å²) in [4.78, 5) is 10.7. The molecule has 0 saturated carbocycles. The highest BCUT2D eigenvalue weighted by Gasteiger charge is 2.27. The van der Waals surface area contributed by atoms with Gasteiger partial charge in [0.25, 0.3) is 0 Å². The number of anilines is 2. The Kier molecular flexibility index (Phi) is 9.92. The zero-order chi connectivity index (χ0) is 29.6.